The number of pyridine rings is 1. The van der Waals surface area contributed by atoms with E-state index in [1.54, 1.807) is 6.07 Å². The minimum atomic E-state index is -0.513. The summed E-state index contributed by atoms with van der Waals surface area (Å²) in [5, 5.41) is 2.79. The third kappa shape index (κ3) is 3.63. The van der Waals surface area contributed by atoms with Gasteiger partial charge in [-0.05, 0) is 55.0 Å². The maximum absolute atomic E-state index is 12.8. The van der Waals surface area contributed by atoms with Gasteiger partial charge < -0.3 is 10.3 Å². The number of rotatable bonds is 3. The third-order valence-corrected chi connectivity index (χ3v) is 5.67. The molecule has 5 nitrogen and oxygen atoms in total. The van der Waals surface area contributed by atoms with E-state index >= 15 is 0 Å². The van der Waals surface area contributed by atoms with Crippen LogP contribution in [0.4, 0.5) is 5.69 Å². The molecule has 4 rings (SSSR count). The van der Waals surface area contributed by atoms with Crippen LogP contribution in [-0.4, -0.2) is 16.7 Å². The van der Waals surface area contributed by atoms with Gasteiger partial charge in [0.15, 0.2) is 5.78 Å². The molecule has 1 aliphatic rings. The smallest absolute Gasteiger partial charge is 0.261 e. The highest BCUT2D eigenvalue weighted by molar-refractivity contribution is 6.07. The number of carbonyl (C=O) groups is 2. The number of H-pyrrole nitrogens is 1. The molecule has 0 aliphatic heterocycles. The molecule has 146 valence electrons. The molecule has 0 fully saturated rings. The number of amides is 1. The number of fused-ring (bicyclic) bond motifs is 1. The van der Waals surface area contributed by atoms with Crippen molar-refractivity contribution < 1.29 is 9.59 Å². The molecule has 1 aromatic heterocycles. The fourth-order valence-electron chi connectivity index (χ4n) is 3.84. The molecule has 5 heteroatoms. The Morgan fingerprint density at radius 2 is 1.76 bits per heavy atom. The van der Waals surface area contributed by atoms with Gasteiger partial charge in [0.25, 0.3) is 11.5 Å². The summed E-state index contributed by atoms with van der Waals surface area (Å²) in [6.07, 6.45) is 0.931. The molecule has 1 atom stereocenters. The molecule has 2 aromatic carbocycles. The first-order chi connectivity index (χ1) is 13.9. The summed E-state index contributed by atoms with van der Waals surface area (Å²) in [5.74, 6) is -0.542. The summed E-state index contributed by atoms with van der Waals surface area (Å²) >= 11 is 0. The number of hydrogen-bond acceptors (Lipinski definition) is 3. The van der Waals surface area contributed by atoms with Crippen LogP contribution in [0.2, 0.25) is 0 Å². The fraction of sp³-hybridized carbons (Fsp3) is 0.208. The van der Waals surface area contributed by atoms with Crippen molar-refractivity contribution in [3.63, 3.8) is 0 Å². The van der Waals surface area contributed by atoms with Crippen molar-refractivity contribution in [1.82, 2.24) is 4.98 Å². The van der Waals surface area contributed by atoms with Crippen molar-refractivity contribution in [3.05, 3.63) is 98.5 Å². The Balaban J connectivity index is 1.64. The quantitative estimate of drug-likeness (QED) is 0.709. The third-order valence-electron chi connectivity index (χ3n) is 5.67. The average molecular weight is 386 g/mol. The van der Waals surface area contributed by atoms with Gasteiger partial charge in [0.05, 0.1) is 0 Å². The van der Waals surface area contributed by atoms with E-state index in [0.29, 0.717) is 29.8 Å². The number of aromatic amines is 1. The second-order valence-electron chi connectivity index (χ2n) is 7.54. The molecular formula is C24H22N2O3. The van der Waals surface area contributed by atoms with Crippen molar-refractivity contribution in [2.75, 3.05) is 5.32 Å². The molecule has 0 saturated carbocycles. The van der Waals surface area contributed by atoms with Gasteiger partial charge in [-0.15, -0.1) is 0 Å². The predicted octanol–water partition coefficient (Wildman–Crippen LogP) is 4.16. The summed E-state index contributed by atoms with van der Waals surface area (Å²) in [6.45, 7) is 3.87. The molecular weight excluding hydrogens is 364 g/mol. The number of anilines is 1. The van der Waals surface area contributed by atoms with Crippen LogP contribution in [0.5, 0.6) is 0 Å². The molecule has 1 aliphatic carbocycles. The second kappa shape index (κ2) is 7.51. The first kappa shape index (κ1) is 18.9. The molecule has 1 amide bonds. The lowest BCUT2D eigenvalue weighted by Gasteiger charge is -2.24. The number of hydrogen-bond donors (Lipinski definition) is 2. The lowest BCUT2D eigenvalue weighted by Crippen LogP contribution is -2.29. The Hall–Kier alpha value is -3.47. The van der Waals surface area contributed by atoms with E-state index in [2.05, 4.69) is 10.3 Å². The number of carbonyl (C=O) groups excluding carboxylic acids is 2. The van der Waals surface area contributed by atoms with Crippen molar-refractivity contribution >= 4 is 17.4 Å². The lowest BCUT2D eigenvalue weighted by atomic mass is 9.81. The monoisotopic (exact) mass is 386 g/mol. The largest absolute Gasteiger partial charge is 0.325 e. The van der Waals surface area contributed by atoms with Crippen LogP contribution >= 0.6 is 0 Å². The first-order valence-corrected chi connectivity index (χ1v) is 9.66. The summed E-state index contributed by atoms with van der Waals surface area (Å²) < 4.78 is 0. The average Bonchev–Trinajstić information content (AvgIpc) is 2.71. The van der Waals surface area contributed by atoms with Crippen LogP contribution in [0.15, 0.2) is 59.4 Å². The molecule has 0 spiro atoms. The van der Waals surface area contributed by atoms with Crippen molar-refractivity contribution in [2.45, 2.75) is 32.6 Å². The zero-order valence-corrected chi connectivity index (χ0v) is 16.4. The van der Waals surface area contributed by atoms with E-state index < -0.39 is 11.5 Å². The van der Waals surface area contributed by atoms with Gasteiger partial charge in [-0.3, -0.25) is 14.4 Å². The fourth-order valence-corrected chi connectivity index (χ4v) is 3.84. The van der Waals surface area contributed by atoms with Crippen LogP contribution in [0.25, 0.3) is 0 Å². The van der Waals surface area contributed by atoms with Gasteiger partial charge in [-0.2, -0.15) is 0 Å². The highest BCUT2D eigenvalue weighted by atomic mass is 16.2. The molecule has 0 bridgehead atoms. The molecule has 2 N–H and O–H groups in total. The molecule has 1 heterocycles. The normalized spacial score (nSPS) is 15.7. The summed E-state index contributed by atoms with van der Waals surface area (Å²) in [7, 11) is 0. The Bertz CT molecular complexity index is 1160. The molecule has 29 heavy (non-hydrogen) atoms. The Kier molecular flexibility index (Phi) is 4.89. The van der Waals surface area contributed by atoms with E-state index in [-0.39, 0.29) is 17.3 Å². The Morgan fingerprint density at radius 1 is 1.00 bits per heavy atom. The minimum absolute atomic E-state index is 0.0291. The Morgan fingerprint density at radius 3 is 2.52 bits per heavy atom. The van der Waals surface area contributed by atoms with Gasteiger partial charge in [-0.25, -0.2) is 0 Å². The summed E-state index contributed by atoms with van der Waals surface area (Å²) in [4.78, 5) is 40.9. The van der Waals surface area contributed by atoms with E-state index in [1.165, 1.54) is 6.07 Å². The molecule has 1 unspecified atom stereocenters. The number of aromatic nitrogens is 1. The van der Waals surface area contributed by atoms with Crippen LogP contribution in [-0.2, 0) is 6.42 Å². The van der Waals surface area contributed by atoms with Gasteiger partial charge in [0.1, 0.15) is 5.56 Å². The van der Waals surface area contributed by atoms with Gasteiger partial charge in [0.2, 0.25) is 0 Å². The van der Waals surface area contributed by atoms with Crippen LogP contribution in [0.1, 0.15) is 55.4 Å². The zero-order chi connectivity index (χ0) is 20.5. The topological polar surface area (TPSA) is 79.0 Å². The zero-order valence-electron chi connectivity index (χ0n) is 16.4. The number of aryl methyl sites for hydroxylation is 1. The second-order valence-corrected chi connectivity index (χ2v) is 7.54. The maximum atomic E-state index is 12.8. The highest BCUT2D eigenvalue weighted by Gasteiger charge is 2.28. The van der Waals surface area contributed by atoms with Gasteiger partial charge in [0, 0.05) is 23.4 Å². The van der Waals surface area contributed by atoms with Crippen LogP contribution in [0.3, 0.4) is 0 Å². The predicted molar refractivity (Wildman–Crippen MR) is 113 cm³/mol. The number of ketones is 1. The van der Waals surface area contributed by atoms with Gasteiger partial charge >= 0.3 is 0 Å². The number of Topliss-reactive ketones (excluding diaryl/α,β-unsaturated/α-hetero) is 1. The maximum Gasteiger partial charge on any atom is 0.261 e. The van der Waals surface area contributed by atoms with Crippen molar-refractivity contribution in [2.24, 2.45) is 0 Å². The van der Waals surface area contributed by atoms with E-state index in [9.17, 15) is 14.4 Å². The van der Waals surface area contributed by atoms with E-state index in [0.717, 1.165) is 16.7 Å². The van der Waals surface area contributed by atoms with Crippen molar-refractivity contribution in [1.29, 1.82) is 0 Å². The molecule has 0 saturated heterocycles. The highest BCUT2D eigenvalue weighted by Crippen LogP contribution is 2.31. The Labute approximate surface area is 168 Å². The number of nitrogens with one attached hydrogen (secondary N) is 2. The summed E-state index contributed by atoms with van der Waals surface area (Å²) in [6, 6.07) is 16.9. The molecule has 3 aromatic rings. The first-order valence-electron chi connectivity index (χ1n) is 9.66. The number of benzene rings is 2. The molecule has 0 radical (unpaired) electrons. The van der Waals surface area contributed by atoms with Gasteiger partial charge in [-0.1, -0.05) is 42.5 Å². The minimum Gasteiger partial charge on any atom is -0.325 e. The summed E-state index contributed by atoms with van der Waals surface area (Å²) in [5.41, 5.74) is 4.23. The van der Waals surface area contributed by atoms with Crippen LogP contribution < -0.4 is 10.9 Å². The van der Waals surface area contributed by atoms with E-state index in [1.807, 2.05) is 56.3 Å². The van der Waals surface area contributed by atoms with E-state index in [4.69, 9.17) is 0 Å². The lowest BCUT2D eigenvalue weighted by molar-refractivity contribution is 0.0963. The van der Waals surface area contributed by atoms with Crippen molar-refractivity contribution in [3.8, 4) is 0 Å². The SMILES string of the molecule is Cc1cccc(NC(=O)c2cc3c([nH]c2=O)CC(c2ccccc2)CC3=O)c1C. The standard InChI is InChI=1S/C24H22N2O3/c1-14-7-6-10-20(15(14)2)25-23(28)19-13-18-21(26-24(19)29)11-17(12-22(18)27)16-8-4-3-5-9-16/h3-10,13,17H,11-12H2,1-2H3,(H,25,28)(H,26,29). The van der Waals surface area contributed by atoms with Crippen LogP contribution in [0, 0.1) is 13.8 Å².